The first-order valence-electron chi connectivity index (χ1n) is 4.56. The Kier molecular flexibility index (Phi) is 2.31. The molecule has 0 heterocycles. The van der Waals surface area contributed by atoms with E-state index in [4.69, 9.17) is 0 Å². The normalized spacial score (nSPS) is 16.9. The van der Waals surface area contributed by atoms with Crippen LogP contribution in [0.3, 0.4) is 0 Å². The Labute approximate surface area is 82.7 Å². The minimum Gasteiger partial charge on any atom is -0.224 e. The lowest BCUT2D eigenvalue weighted by molar-refractivity contribution is 0.587. The molecule has 0 atom stereocenters. The minimum atomic E-state index is -3.26. The Hall–Kier alpha value is -0.900. The summed E-state index contributed by atoms with van der Waals surface area (Å²) in [5.41, 5.74) is 0. The van der Waals surface area contributed by atoms with Crippen LogP contribution >= 0.6 is 0 Å². The summed E-state index contributed by atoms with van der Waals surface area (Å²) < 4.78 is 36.1. The zero-order valence-electron chi connectivity index (χ0n) is 7.61. The fourth-order valence-corrected chi connectivity index (χ4v) is 3.08. The van der Waals surface area contributed by atoms with Gasteiger partial charge >= 0.3 is 0 Å². The predicted molar refractivity (Wildman–Crippen MR) is 51.2 cm³/mol. The molecule has 0 amide bonds. The van der Waals surface area contributed by atoms with E-state index in [0.717, 1.165) is 18.9 Å². The molecular weight excluding hydrogens is 203 g/mol. The zero-order chi connectivity index (χ0) is 10.2. The van der Waals surface area contributed by atoms with Crippen molar-refractivity contribution in [1.29, 1.82) is 0 Å². The number of sulfone groups is 1. The van der Waals surface area contributed by atoms with Crippen LogP contribution in [0.15, 0.2) is 29.2 Å². The zero-order valence-corrected chi connectivity index (χ0v) is 8.43. The van der Waals surface area contributed by atoms with Crippen LogP contribution in [0.4, 0.5) is 4.39 Å². The molecule has 1 aliphatic carbocycles. The summed E-state index contributed by atoms with van der Waals surface area (Å²) in [5, 5.41) is 0. The van der Waals surface area contributed by atoms with Crippen LogP contribution < -0.4 is 0 Å². The van der Waals surface area contributed by atoms with Gasteiger partial charge in [-0.2, -0.15) is 0 Å². The van der Waals surface area contributed by atoms with Gasteiger partial charge < -0.3 is 0 Å². The van der Waals surface area contributed by atoms with Crippen LogP contribution in [0.5, 0.6) is 0 Å². The highest BCUT2D eigenvalue weighted by atomic mass is 32.2. The van der Waals surface area contributed by atoms with Crippen molar-refractivity contribution < 1.29 is 12.8 Å². The van der Waals surface area contributed by atoms with Crippen LogP contribution in [0, 0.1) is 11.7 Å². The van der Waals surface area contributed by atoms with E-state index >= 15 is 0 Å². The number of benzene rings is 1. The summed E-state index contributed by atoms with van der Waals surface area (Å²) in [6, 6.07) is 5.20. The molecular formula is C10H11FO2S. The van der Waals surface area contributed by atoms with Crippen molar-refractivity contribution in [2.75, 3.05) is 5.75 Å². The second kappa shape index (κ2) is 3.35. The van der Waals surface area contributed by atoms with Crippen LogP contribution in [-0.2, 0) is 9.84 Å². The fraction of sp³-hybridized carbons (Fsp3) is 0.400. The Morgan fingerprint density at radius 2 is 2.07 bits per heavy atom. The van der Waals surface area contributed by atoms with Crippen LogP contribution in [-0.4, -0.2) is 14.2 Å². The summed E-state index contributed by atoms with van der Waals surface area (Å²) in [4.78, 5) is 0.101. The monoisotopic (exact) mass is 214 g/mol. The molecule has 1 saturated carbocycles. The van der Waals surface area contributed by atoms with Crippen LogP contribution in [0.25, 0.3) is 0 Å². The molecule has 0 unspecified atom stereocenters. The maximum Gasteiger partial charge on any atom is 0.178 e. The average Bonchev–Trinajstić information content (AvgIpc) is 2.87. The first kappa shape index (κ1) is 9.65. The van der Waals surface area contributed by atoms with Crippen molar-refractivity contribution in [3.05, 3.63) is 30.1 Å². The average molecular weight is 214 g/mol. The van der Waals surface area contributed by atoms with Crippen LogP contribution in [0.2, 0.25) is 0 Å². The Morgan fingerprint density at radius 3 is 2.64 bits per heavy atom. The number of rotatable bonds is 3. The highest BCUT2D eigenvalue weighted by Gasteiger charge is 2.29. The molecule has 0 aromatic heterocycles. The molecule has 14 heavy (non-hydrogen) atoms. The van der Waals surface area contributed by atoms with E-state index in [2.05, 4.69) is 0 Å². The van der Waals surface area contributed by atoms with E-state index in [1.165, 1.54) is 18.2 Å². The molecule has 1 aromatic rings. The third-order valence-corrected chi connectivity index (χ3v) is 4.19. The third-order valence-electron chi connectivity index (χ3n) is 2.31. The molecule has 0 saturated heterocycles. The van der Waals surface area contributed by atoms with Crippen molar-refractivity contribution in [3.63, 3.8) is 0 Å². The SMILES string of the molecule is O=S(=O)(CC1CC1)c1cccc(F)c1. The van der Waals surface area contributed by atoms with Gasteiger partial charge in [-0.1, -0.05) is 6.07 Å². The van der Waals surface area contributed by atoms with Crippen molar-refractivity contribution in [1.82, 2.24) is 0 Å². The minimum absolute atomic E-state index is 0.101. The van der Waals surface area contributed by atoms with E-state index in [-0.39, 0.29) is 10.6 Å². The molecule has 1 aromatic carbocycles. The summed E-state index contributed by atoms with van der Waals surface area (Å²) in [7, 11) is -3.26. The van der Waals surface area contributed by atoms with Gasteiger partial charge in [-0.25, -0.2) is 12.8 Å². The van der Waals surface area contributed by atoms with E-state index < -0.39 is 15.7 Å². The van der Waals surface area contributed by atoms with Crippen molar-refractivity contribution in [2.24, 2.45) is 5.92 Å². The fourth-order valence-electron chi connectivity index (χ4n) is 1.35. The van der Waals surface area contributed by atoms with E-state index in [0.29, 0.717) is 5.92 Å². The molecule has 0 N–H and O–H groups in total. The number of hydrogen-bond acceptors (Lipinski definition) is 2. The second-order valence-corrected chi connectivity index (χ2v) is 5.72. The van der Waals surface area contributed by atoms with Gasteiger partial charge in [0, 0.05) is 0 Å². The van der Waals surface area contributed by atoms with Gasteiger partial charge in [0.15, 0.2) is 9.84 Å². The first-order valence-corrected chi connectivity index (χ1v) is 6.21. The molecule has 1 aliphatic rings. The van der Waals surface area contributed by atoms with Crippen molar-refractivity contribution in [3.8, 4) is 0 Å². The maximum atomic E-state index is 12.8. The van der Waals surface area contributed by atoms with Crippen molar-refractivity contribution in [2.45, 2.75) is 17.7 Å². The smallest absolute Gasteiger partial charge is 0.178 e. The van der Waals surface area contributed by atoms with Gasteiger partial charge in [-0.3, -0.25) is 0 Å². The Bertz CT molecular complexity index is 435. The molecule has 0 spiro atoms. The molecule has 0 bridgehead atoms. The van der Waals surface area contributed by atoms with E-state index in [9.17, 15) is 12.8 Å². The second-order valence-electron chi connectivity index (χ2n) is 3.68. The summed E-state index contributed by atoms with van der Waals surface area (Å²) in [6.07, 6.45) is 1.96. The number of hydrogen-bond donors (Lipinski definition) is 0. The topological polar surface area (TPSA) is 34.1 Å². The Morgan fingerprint density at radius 1 is 1.36 bits per heavy atom. The van der Waals surface area contributed by atoms with Crippen molar-refractivity contribution >= 4 is 9.84 Å². The molecule has 4 heteroatoms. The van der Waals surface area contributed by atoms with Gasteiger partial charge in [0.05, 0.1) is 10.6 Å². The summed E-state index contributed by atoms with van der Waals surface area (Å²) in [6.45, 7) is 0. The molecule has 0 radical (unpaired) electrons. The van der Waals surface area contributed by atoms with E-state index in [1.54, 1.807) is 0 Å². The molecule has 76 valence electrons. The maximum absolute atomic E-state index is 12.8. The lowest BCUT2D eigenvalue weighted by Crippen LogP contribution is -2.08. The molecule has 2 rings (SSSR count). The Balaban J connectivity index is 2.28. The van der Waals surface area contributed by atoms with Gasteiger partial charge in [0.25, 0.3) is 0 Å². The summed E-state index contributed by atoms with van der Waals surface area (Å²) in [5.74, 6) is -0.0404. The highest BCUT2D eigenvalue weighted by molar-refractivity contribution is 7.91. The van der Waals surface area contributed by atoms with Gasteiger partial charge in [-0.15, -0.1) is 0 Å². The largest absolute Gasteiger partial charge is 0.224 e. The predicted octanol–water partition coefficient (Wildman–Crippen LogP) is 2.01. The summed E-state index contributed by atoms with van der Waals surface area (Å²) >= 11 is 0. The first-order chi connectivity index (χ1) is 6.58. The highest BCUT2D eigenvalue weighted by Crippen LogP contribution is 2.32. The quantitative estimate of drug-likeness (QED) is 0.771. The number of halogens is 1. The standard InChI is InChI=1S/C10H11FO2S/c11-9-2-1-3-10(6-9)14(12,13)7-8-4-5-8/h1-3,6,8H,4-5,7H2. The molecule has 2 nitrogen and oxygen atoms in total. The van der Waals surface area contributed by atoms with Crippen LogP contribution in [0.1, 0.15) is 12.8 Å². The molecule has 1 fully saturated rings. The molecule has 0 aliphatic heterocycles. The third kappa shape index (κ3) is 2.12. The lowest BCUT2D eigenvalue weighted by Gasteiger charge is -2.02. The van der Waals surface area contributed by atoms with Gasteiger partial charge in [-0.05, 0) is 37.0 Å². The van der Waals surface area contributed by atoms with Gasteiger partial charge in [0.2, 0.25) is 0 Å². The van der Waals surface area contributed by atoms with E-state index in [1.807, 2.05) is 0 Å². The van der Waals surface area contributed by atoms with Gasteiger partial charge in [0.1, 0.15) is 5.82 Å². The lowest BCUT2D eigenvalue weighted by atomic mass is 10.4.